The summed E-state index contributed by atoms with van der Waals surface area (Å²) in [5, 5.41) is 13.6. The second kappa shape index (κ2) is 12.7. The molecule has 0 unspecified atom stereocenters. The standard InChI is InChI=1S/C28H37N7O4/c1-6-39-27-22(26(36)29-4)14-20(15-30-27)24-19(3)25(35(33-24)21-10-8-7-9-11-21)32-28(37)31-23-17-34(12-13-38-5)16-18(23)2/h7-11,14-15,18,23H,6,12-13,16-17H2,1-5H3,(H,29,36)(H2,31,32,37)/t18-,23-/m1/s1. The third-order valence-corrected chi connectivity index (χ3v) is 6.85. The van der Waals surface area contributed by atoms with Crippen LogP contribution in [0.2, 0.25) is 0 Å². The molecule has 0 spiro atoms. The molecule has 39 heavy (non-hydrogen) atoms. The highest BCUT2D eigenvalue weighted by atomic mass is 16.5. The van der Waals surface area contributed by atoms with Crippen molar-refractivity contribution in [3.63, 3.8) is 0 Å². The maximum Gasteiger partial charge on any atom is 0.320 e. The Morgan fingerprint density at radius 3 is 2.64 bits per heavy atom. The summed E-state index contributed by atoms with van der Waals surface area (Å²) in [5.41, 5.74) is 3.06. The average molecular weight is 536 g/mol. The largest absolute Gasteiger partial charge is 0.477 e. The van der Waals surface area contributed by atoms with Crippen LogP contribution in [0.3, 0.4) is 0 Å². The number of hydrogen-bond donors (Lipinski definition) is 3. The summed E-state index contributed by atoms with van der Waals surface area (Å²) in [6.07, 6.45) is 1.63. The first kappa shape index (κ1) is 28.1. The van der Waals surface area contributed by atoms with E-state index in [0.717, 1.165) is 30.9 Å². The van der Waals surface area contributed by atoms with Gasteiger partial charge in [0, 0.05) is 57.2 Å². The summed E-state index contributed by atoms with van der Waals surface area (Å²) in [6, 6.07) is 11.0. The van der Waals surface area contributed by atoms with E-state index in [4.69, 9.17) is 14.6 Å². The molecular formula is C28H37N7O4. The molecule has 4 rings (SSSR count). The molecule has 1 aliphatic heterocycles. The molecule has 11 nitrogen and oxygen atoms in total. The third kappa shape index (κ3) is 6.37. The first-order chi connectivity index (χ1) is 18.9. The Hall–Kier alpha value is -3.96. The molecule has 1 aliphatic rings. The highest BCUT2D eigenvalue weighted by molar-refractivity contribution is 5.97. The van der Waals surface area contributed by atoms with Gasteiger partial charge >= 0.3 is 6.03 Å². The fourth-order valence-electron chi connectivity index (χ4n) is 4.77. The van der Waals surface area contributed by atoms with Crippen LogP contribution >= 0.6 is 0 Å². The number of methoxy groups -OCH3 is 1. The SMILES string of the molecule is CCOc1ncc(-c2nn(-c3ccccc3)c(NC(=O)N[C@@H]3CN(CCOC)C[C@H]3C)c2C)cc1C(=O)NC. The Bertz CT molecular complexity index is 1290. The summed E-state index contributed by atoms with van der Waals surface area (Å²) in [5.74, 6) is 0.784. The zero-order valence-corrected chi connectivity index (χ0v) is 23.2. The van der Waals surface area contributed by atoms with Crippen molar-refractivity contribution < 1.29 is 19.1 Å². The van der Waals surface area contributed by atoms with Crippen LogP contribution in [0.5, 0.6) is 5.88 Å². The molecule has 0 radical (unpaired) electrons. The Morgan fingerprint density at radius 1 is 1.18 bits per heavy atom. The van der Waals surface area contributed by atoms with Crippen molar-refractivity contribution in [3.05, 3.63) is 53.7 Å². The van der Waals surface area contributed by atoms with Crippen LogP contribution < -0.4 is 20.7 Å². The van der Waals surface area contributed by atoms with Gasteiger partial charge in [0.05, 0.1) is 24.6 Å². The lowest BCUT2D eigenvalue weighted by molar-refractivity contribution is 0.0958. The number of nitrogens with one attached hydrogen (secondary N) is 3. The highest BCUT2D eigenvalue weighted by Gasteiger charge is 2.31. The van der Waals surface area contributed by atoms with Crippen molar-refractivity contribution in [3.8, 4) is 22.8 Å². The molecule has 3 N–H and O–H groups in total. The zero-order chi connectivity index (χ0) is 27.9. The molecule has 0 bridgehead atoms. The number of benzene rings is 1. The number of anilines is 1. The average Bonchev–Trinajstić information content (AvgIpc) is 3.46. The van der Waals surface area contributed by atoms with E-state index in [9.17, 15) is 9.59 Å². The molecule has 0 saturated carbocycles. The van der Waals surface area contributed by atoms with E-state index in [2.05, 4.69) is 32.8 Å². The smallest absolute Gasteiger partial charge is 0.320 e. The highest BCUT2D eigenvalue weighted by Crippen LogP contribution is 2.32. The Labute approximate surface area is 228 Å². The number of carbonyl (C=O) groups is 2. The number of para-hydroxylation sites is 1. The van der Waals surface area contributed by atoms with Crippen LogP contribution in [0.25, 0.3) is 16.9 Å². The number of aromatic nitrogens is 3. The molecule has 2 atom stereocenters. The van der Waals surface area contributed by atoms with Crippen LogP contribution in [0, 0.1) is 12.8 Å². The van der Waals surface area contributed by atoms with Gasteiger partial charge in [-0.25, -0.2) is 14.5 Å². The van der Waals surface area contributed by atoms with E-state index >= 15 is 0 Å². The number of carbonyl (C=O) groups excluding carboxylic acids is 2. The van der Waals surface area contributed by atoms with E-state index in [-0.39, 0.29) is 23.9 Å². The normalized spacial score (nSPS) is 17.2. The Balaban J connectivity index is 1.65. The number of pyridine rings is 1. The number of nitrogens with zero attached hydrogens (tertiary/aromatic N) is 4. The van der Waals surface area contributed by atoms with Crippen LogP contribution in [0.15, 0.2) is 42.6 Å². The van der Waals surface area contributed by atoms with Gasteiger partial charge in [-0.15, -0.1) is 0 Å². The number of ether oxygens (including phenoxy) is 2. The van der Waals surface area contributed by atoms with Gasteiger partial charge in [0.1, 0.15) is 11.4 Å². The van der Waals surface area contributed by atoms with Gasteiger partial charge in [0.2, 0.25) is 5.88 Å². The number of amides is 3. The van der Waals surface area contributed by atoms with E-state index < -0.39 is 0 Å². The maximum atomic E-state index is 13.2. The third-order valence-electron chi connectivity index (χ3n) is 6.85. The van der Waals surface area contributed by atoms with Gasteiger partial charge in [-0.2, -0.15) is 5.10 Å². The Kier molecular flexibility index (Phi) is 9.15. The quantitative estimate of drug-likeness (QED) is 0.365. The minimum atomic E-state index is -0.309. The predicted octanol–water partition coefficient (Wildman–Crippen LogP) is 3.09. The van der Waals surface area contributed by atoms with Gasteiger partial charge < -0.3 is 20.1 Å². The molecule has 3 aromatic rings. The molecule has 0 aliphatic carbocycles. The van der Waals surface area contributed by atoms with Crippen molar-refractivity contribution >= 4 is 17.8 Å². The molecule has 208 valence electrons. The number of hydrogen-bond acceptors (Lipinski definition) is 7. The lowest BCUT2D eigenvalue weighted by Gasteiger charge is -2.18. The van der Waals surface area contributed by atoms with Crippen LogP contribution in [0.4, 0.5) is 10.6 Å². The van der Waals surface area contributed by atoms with Crippen LogP contribution in [0.1, 0.15) is 29.8 Å². The molecule has 11 heteroatoms. The van der Waals surface area contributed by atoms with E-state index in [1.165, 1.54) is 0 Å². The fraction of sp³-hybridized carbons (Fsp3) is 0.429. The lowest BCUT2D eigenvalue weighted by atomic mass is 10.1. The minimum absolute atomic E-state index is 0.0140. The Morgan fingerprint density at radius 2 is 1.95 bits per heavy atom. The second-order valence-corrected chi connectivity index (χ2v) is 9.59. The van der Waals surface area contributed by atoms with E-state index in [1.807, 2.05) is 44.2 Å². The lowest BCUT2D eigenvalue weighted by Crippen LogP contribution is -2.42. The van der Waals surface area contributed by atoms with Gasteiger partial charge in [0.15, 0.2) is 0 Å². The van der Waals surface area contributed by atoms with E-state index in [0.29, 0.717) is 41.8 Å². The van der Waals surface area contributed by atoms with Crippen LogP contribution in [-0.4, -0.2) is 84.7 Å². The van der Waals surface area contributed by atoms with Crippen molar-refractivity contribution in [2.45, 2.75) is 26.8 Å². The van der Waals surface area contributed by atoms with Gasteiger partial charge in [0.25, 0.3) is 5.91 Å². The molecule has 1 saturated heterocycles. The second-order valence-electron chi connectivity index (χ2n) is 9.59. The number of rotatable bonds is 10. The topological polar surface area (TPSA) is 123 Å². The van der Waals surface area contributed by atoms with E-state index in [1.54, 1.807) is 31.1 Å². The monoisotopic (exact) mass is 535 g/mol. The fourth-order valence-corrected chi connectivity index (χ4v) is 4.77. The van der Waals surface area contributed by atoms with Crippen LogP contribution in [-0.2, 0) is 4.74 Å². The number of likely N-dealkylation sites (tertiary alicyclic amines) is 1. The van der Waals surface area contributed by atoms with Crippen molar-refractivity contribution in [2.24, 2.45) is 5.92 Å². The van der Waals surface area contributed by atoms with Crippen molar-refractivity contribution in [2.75, 3.05) is 52.3 Å². The zero-order valence-electron chi connectivity index (χ0n) is 23.2. The maximum absolute atomic E-state index is 13.2. The predicted molar refractivity (Wildman–Crippen MR) is 150 cm³/mol. The molecule has 1 fully saturated rings. The van der Waals surface area contributed by atoms with Crippen molar-refractivity contribution in [1.82, 2.24) is 30.3 Å². The molecule has 3 heterocycles. The summed E-state index contributed by atoms with van der Waals surface area (Å²) in [6.45, 7) is 9.39. The first-order valence-electron chi connectivity index (χ1n) is 13.1. The molecule has 3 amide bonds. The summed E-state index contributed by atoms with van der Waals surface area (Å²) >= 11 is 0. The molecule has 2 aromatic heterocycles. The summed E-state index contributed by atoms with van der Waals surface area (Å²) in [7, 11) is 3.25. The summed E-state index contributed by atoms with van der Waals surface area (Å²) < 4.78 is 12.5. The number of urea groups is 1. The summed E-state index contributed by atoms with van der Waals surface area (Å²) in [4.78, 5) is 32.5. The van der Waals surface area contributed by atoms with Gasteiger partial charge in [-0.05, 0) is 38.0 Å². The van der Waals surface area contributed by atoms with Gasteiger partial charge in [-0.1, -0.05) is 25.1 Å². The van der Waals surface area contributed by atoms with Gasteiger partial charge in [-0.3, -0.25) is 15.0 Å². The molecule has 1 aromatic carbocycles. The van der Waals surface area contributed by atoms with Crippen molar-refractivity contribution in [1.29, 1.82) is 0 Å². The first-order valence-corrected chi connectivity index (χ1v) is 13.1. The minimum Gasteiger partial charge on any atom is -0.477 e. The molecular weight excluding hydrogens is 498 g/mol.